The summed E-state index contributed by atoms with van der Waals surface area (Å²) in [5.74, 6) is -1.45. The summed E-state index contributed by atoms with van der Waals surface area (Å²) in [6.07, 6.45) is -0.746. The summed E-state index contributed by atoms with van der Waals surface area (Å²) in [4.78, 5) is 22.6. The Morgan fingerprint density at radius 3 is 2.57 bits per heavy atom. The van der Waals surface area contributed by atoms with Crippen molar-refractivity contribution in [3.05, 3.63) is 35.6 Å². The molecule has 0 spiro atoms. The lowest BCUT2D eigenvalue weighted by atomic mass is 10.0. The Morgan fingerprint density at radius 2 is 2.05 bits per heavy atom. The third-order valence-electron chi connectivity index (χ3n) is 2.51. The maximum Gasteiger partial charge on any atom is 0.407 e. The van der Waals surface area contributed by atoms with Gasteiger partial charge in [0.25, 0.3) is 0 Å². The van der Waals surface area contributed by atoms with E-state index in [9.17, 15) is 14.0 Å². The molecule has 6 heteroatoms. The smallest absolute Gasteiger partial charge is 0.407 e. The molecule has 1 rings (SSSR count). The molecule has 1 aromatic rings. The third-order valence-corrected chi connectivity index (χ3v) is 2.51. The molecule has 0 radical (unpaired) electrons. The van der Waals surface area contributed by atoms with Crippen LogP contribution in [0.5, 0.6) is 0 Å². The normalized spacial score (nSPS) is 12.6. The molecule has 0 heterocycles. The predicted molar refractivity (Wildman–Crippen MR) is 75.5 cm³/mol. The number of carboxylic acids is 1. The molecule has 1 aromatic carbocycles. The number of carboxylic acid groups (broad SMARTS) is 1. The van der Waals surface area contributed by atoms with Gasteiger partial charge in [-0.05, 0) is 44.9 Å². The molecule has 0 saturated heterocycles. The molecule has 1 amide bonds. The van der Waals surface area contributed by atoms with Crippen molar-refractivity contribution in [3.63, 3.8) is 0 Å². The topological polar surface area (TPSA) is 75.6 Å². The van der Waals surface area contributed by atoms with Crippen LogP contribution in [0.25, 0.3) is 0 Å². The highest BCUT2D eigenvalue weighted by atomic mass is 19.1. The summed E-state index contributed by atoms with van der Waals surface area (Å²) in [6, 6.07) is 5.16. The van der Waals surface area contributed by atoms with Gasteiger partial charge in [-0.3, -0.25) is 4.79 Å². The van der Waals surface area contributed by atoms with Crippen molar-refractivity contribution in [2.75, 3.05) is 0 Å². The maximum atomic E-state index is 13.1. The van der Waals surface area contributed by atoms with E-state index in [2.05, 4.69) is 5.32 Å². The van der Waals surface area contributed by atoms with Gasteiger partial charge in [-0.2, -0.15) is 0 Å². The lowest BCUT2D eigenvalue weighted by Gasteiger charge is -2.23. The second-order valence-corrected chi connectivity index (χ2v) is 5.78. The summed E-state index contributed by atoms with van der Waals surface area (Å²) in [5, 5.41) is 11.4. The van der Waals surface area contributed by atoms with Crippen molar-refractivity contribution in [1.29, 1.82) is 0 Å². The van der Waals surface area contributed by atoms with Gasteiger partial charge in [0, 0.05) is 6.04 Å². The third kappa shape index (κ3) is 7.29. The molecule has 0 saturated carbocycles. The van der Waals surface area contributed by atoms with Gasteiger partial charge >= 0.3 is 12.1 Å². The average Bonchev–Trinajstić information content (AvgIpc) is 2.24. The van der Waals surface area contributed by atoms with E-state index < -0.39 is 29.5 Å². The fourth-order valence-corrected chi connectivity index (χ4v) is 1.81. The molecule has 0 bridgehead atoms. The lowest BCUT2D eigenvalue weighted by molar-refractivity contribution is -0.137. The molecule has 1 atom stereocenters. The van der Waals surface area contributed by atoms with E-state index in [-0.39, 0.29) is 12.8 Å². The molecule has 2 N–H and O–H groups in total. The van der Waals surface area contributed by atoms with Gasteiger partial charge in [0.2, 0.25) is 0 Å². The molecule has 0 unspecified atom stereocenters. The Labute approximate surface area is 123 Å². The molecule has 116 valence electrons. The zero-order chi connectivity index (χ0) is 16.0. The molecule has 0 aliphatic carbocycles. The van der Waals surface area contributed by atoms with Crippen molar-refractivity contribution in [3.8, 4) is 0 Å². The van der Waals surface area contributed by atoms with E-state index in [0.29, 0.717) is 5.56 Å². The number of carbonyl (C=O) groups is 2. The second kappa shape index (κ2) is 7.06. The fourth-order valence-electron chi connectivity index (χ4n) is 1.81. The number of hydrogen-bond acceptors (Lipinski definition) is 3. The molecule has 5 nitrogen and oxygen atoms in total. The summed E-state index contributed by atoms with van der Waals surface area (Å²) < 4.78 is 18.2. The number of rotatable bonds is 5. The van der Waals surface area contributed by atoms with Crippen LogP contribution in [0, 0.1) is 5.82 Å². The molecule has 21 heavy (non-hydrogen) atoms. The van der Waals surface area contributed by atoms with Gasteiger partial charge in [-0.1, -0.05) is 12.1 Å². The van der Waals surface area contributed by atoms with Gasteiger partial charge in [-0.25, -0.2) is 9.18 Å². The predicted octanol–water partition coefficient (Wildman–Crippen LogP) is 2.74. The first-order valence-electron chi connectivity index (χ1n) is 6.61. The molecular formula is C15H20FNO4. The summed E-state index contributed by atoms with van der Waals surface area (Å²) in [5.41, 5.74) is -0.0613. The van der Waals surface area contributed by atoms with E-state index in [1.54, 1.807) is 26.8 Å². The highest BCUT2D eigenvalue weighted by molar-refractivity contribution is 5.71. The minimum atomic E-state index is -1.05. The molecule has 0 aliphatic heterocycles. The Bertz CT molecular complexity index is 511. The highest BCUT2D eigenvalue weighted by Crippen LogP contribution is 2.11. The second-order valence-electron chi connectivity index (χ2n) is 5.78. The quantitative estimate of drug-likeness (QED) is 0.876. The summed E-state index contributed by atoms with van der Waals surface area (Å²) in [6.45, 7) is 5.14. The monoisotopic (exact) mass is 297 g/mol. The standard InChI is InChI=1S/C15H20FNO4/c1-15(2,3)21-14(20)17-12(9-13(18)19)8-10-5-4-6-11(16)7-10/h4-7,12H,8-9H2,1-3H3,(H,17,20)(H,18,19)/t12-/m0/s1. The first-order valence-corrected chi connectivity index (χ1v) is 6.61. The van der Waals surface area contributed by atoms with Gasteiger partial charge in [0.15, 0.2) is 0 Å². The zero-order valence-electron chi connectivity index (χ0n) is 12.4. The van der Waals surface area contributed by atoms with Gasteiger partial charge in [-0.15, -0.1) is 0 Å². The Kier molecular flexibility index (Phi) is 5.69. The van der Waals surface area contributed by atoms with E-state index in [0.717, 1.165) is 0 Å². The van der Waals surface area contributed by atoms with Crippen LogP contribution in [-0.2, 0) is 16.0 Å². The Balaban J connectivity index is 2.72. The number of amides is 1. The maximum absolute atomic E-state index is 13.1. The van der Waals surface area contributed by atoms with Gasteiger partial charge < -0.3 is 15.2 Å². The van der Waals surface area contributed by atoms with Crippen LogP contribution in [0.1, 0.15) is 32.8 Å². The molecule has 0 aliphatic rings. The Morgan fingerprint density at radius 1 is 1.38 bits per heavy atom. The SMILES string of the molecule is CC(C)(C)OC(=O)N[C@H](CC(=O)O)Cc1cccc(F)c1. The number of ether oxygens (including phenoxy) is 1. The summed E-state index contributed by atoms with van der Waals surface area (Å²) >= 11 is 0. The van der Waals surface area contributed by atoms with Gasteiger partial charge in [0.1, 0.15) is 11.4 Å². The summed E-state index contributed by atoms with van der Waals surface area (Å²) in [7, 11) is 0. The lowest BCUT2D eigenvalue weighted by Crippen LogP contribution is -2.41. The van der Waals surface area contributed by atoms with E-state index in [1.165, 1.54) is 18.2 Å². The minimum absolute atomic E-state index is 0.212. The van der Waals surface area contributed by atoms with Crippen LogP contribution in [0.2, 0.25) is 0 Å². The number of benzene rings is 1. The molecule has 0 fully saturated rings. The van der Waals surface area contributed by atoms with Crippen LogP contribution in [-0.4, -0.2) is 28.8 Å². The largest absolute Gasteiger partial charge is 0.481 e. The van der Waals surface area contributed by atoms with Crippen molar-refractivity contribution in [2.24, 2.45) is 0 Å². The molecule has 0 aromatic heterocycles. The van der Waals surface area contributed by atoms with E-state index in [1.807, 2.05) is 0 Å². The minimum Gasteiger partial charge on any atom is -0.481 e. The van der Waals surface area contributed by atoms with E-state index >= 15 is 0 Å². The number of nitrogens with one attached hydrogen (secondary N) is 1. The average molecular weight is 297 g/mol. The number of hydrogen-bond donors (Lipinski definition) is 2. The number of aliphatic carboxylic acids is 1. The number of halogens is 1. The van der Waals surface area contributed by atoms with Crippen LogP contribution >= 0.6 is 0 Å². The zero-order valence-corrected chi connectivity index (χ0v) is 12.4. The van der Waals surface area contributed by atoms with Gasteiger partial charge in [0.05, 0.1) is 6.42 Å². The van der Waals surface area contributed by atoms with Crippen molar-refractivity contribution >= 4 is 12.1 Å². The van der Waals surface area contributed by atoms with E-state index in [4.69, 9.17) is 9.84 Å². The number of alkyl carbamates (subject to hydrolysis) is 1. The number of carbonyl (C=O) groups excluding carboxylic acids is 1. The van der Waals surface area contributed by atoms with Crippen molar-refractivity contribution in [1.82, 2.24) is 5.32 Å². The molecular weight excluding hydrogens is 277 g/mol. The van der Waals surface area contributed by atoms with Crippen LogP contribution in [0.15, 0.2) is 24.3 Å². The van der Waals surface area contributed by atoms with Crippen LogP contribution < -0.4 is 5.32 Å². The fraction of sp³-hybridized carbons (Fsp3) is 0.467. The van der Waals surface area contributed by atoms with Crippen LogP contribution in [0.4, 0.5) is 9.18 Å². The van der Waals surface area contributed by atoms with Crippen LogP contribution in [0.3, 0.4) is 0 Å². The highest BCUT2D eigenvalue weighted by Gasteiger charge is 2.21. The van der Waals surface area contributed by atoms with Crippen molar-refractivity contribution in [2.45, 2.75) is 45.3 Å². The van der Waals surface area contributed by atoms with Crippen molar-refractivity contribution < 1.29 is 23.8 Å². The first kappa shape index (κ1) is 16.9. The Hall–Kier alpha value is -2.11. The first-order chi connectivity index (χ1) is 9.65.